The molecule has 1 aliphatic rings. The van der Waals surface area contributed by atoms with Crippen LogP contribution in [0.1, 0.15) is 43.5 Å². The summed E-state index contributed by atoms with van der Waals surface area (Å²) in [6.45, 7) is 3.84. The highest BCUT2D eigenvalue weighted by molar-refractivity contribution is 6.04. The topological polar surface area (TPSA) is 102 Å². The van der Waals surface area contributed by atoms with E-state index in [0.717, 1.165) is 6.42 Å². The second-order valence-corrected chi connectivity index (χ2v) is 7.02. The van der Waals surface area contributed by atoms with Crippen molar-refractivity contribution in [3.05, 3.63) is 29.8 Å². The summed E-state index contributed by atoms with van der Waals surface area (Å²) in [6.07, 6.45) is 1.58. The molecule has 1 aliphatic heterocycles. The molecule has 1 aromatic carbocycles. The van der Waals surface area contributed by atoms with Crippen LogP contribution in [0, 0.1) is 5.92 Å². The third-order valence-electron chi connectivity index (χ3n) is 4.35. The van der Waals surface area contributed by atoms with Crippen LogP contribution in [-0.4, -0.2) is 50.1 Å². The lowest BCUT2D eigenvalue weighted by molar-refractivity contribution is -0.145. The maximum Gasteiger partial charge on any atom is 0.340 e. The Hall–Kier alpha value is -2.90. The van der Waals surface area contributed by atoms with Gasteiger partial charge in [-0.2, -0.15) is 0 Å². The molecule has 0 bridgehead atoms. The number of carbonyl (C=O) groups excluding carboxylic acids is 4. The second-order valence-electron chi connectivity index (χ2n) is 7.02. The molecule has 0 spiro atoms. The van der Waals surface area contributed by atoms with Gasteiger partial charge in [0.05, 0.1) is 18.4 Å². The lowest BCUT2D eigenvalue weighted by atomic mass is 10.0. The van der Waals surface area contributed by atoms with Gasteiger partial charge in [-0.05, 0) is 30.9 Å². The summed E-state index contributed by atoms with van der Waals surface area (Å²) in [4.78, 5) is 49.9. The quantitative estimate of drug-likeness (QED) is 0.678. The van der Waals surface area contributed by atoms with Crippen LogP contribution in [0.5, 0.6) is 0 Å². The molecule has 2 rings (SSSR count). The number of esters is 2. The van der Waals surface area contributed by atoms with Gasteiger partial charge in [-0.25, -0.2) is 9.59 Å². The molecule has 1 N–H and O–H groups in total. The minimum atomic E-state index is -0.800. The molecule has 152 valence electrons. The van der Waals surface area contributed by atoms with E-state index in [-0.39, 0.29) is 17.4 Å². The van der Waals surface area contributed by atoms with Crippen LogP contribution in [0.4, 0.5) is 5.69 Å². The molecule has 8 heteroatoms. The molecular formula is C20H26N2O6. The fraction of sp³-hybridized carbons (Fsp3) is 0.500. The molecule has 0 unspecified atom stereocenters. The Morgan fingerprint density at radius 3 is 2.54 bits per heavy atom. The second kappa shape index (κ2) is 9.87. The van der Waals surface area contributed by atoms with E-state index in [1.54, 1.807) is 29.2 Å². The number of nitrogens with one attached hydrogen (secondary N) is 1. The van der Waals surface area contributed by atoms with E-state index in [0.29, 0.717) is 25.1 Å². The fourth-order valence-corrected chi connectivity index (χ4v) is 3.06. The summed E-state index contributed by atoms with van der Waals surface area (Å²) in [5.74, 6) is -1.74. The number of carbonyl (C=O) groups is 4. The van der Waals surface area contributed by atoms with Gasteiger partial charge >= 0.3 is 11.9 Å². The Bertz CT molecular complexity index is 746. The van der Waals surface area contributed by atoms with Crippen LogP contribution in [0.15, 0.2) is 24.3 Å². The minimum absolute atomic E-state index is 0.0485. The van der Waals surface area contributed by atoms with Crippen molar-refractivity contribution in [1.82, 2.24) is 5.32 Å². The normalized spacial score (nSPS) is 14.7. The zero-order valence-corrected chi connectivity index (χ0v) is 16.4. The number of para-hydroxylation sites is 1. The standard InChI is InChI=1S/C20H26N2O6/c1-13(2)11-15(20(26)27-3)21-17(23)12-28-19(25)14-7-4-5-8-16(14)22-10-6-9-18(22)24/h4-5,7-8,13,15H,6,9-12H2,1-3H3,(H,21,23)/t15-/m1/s1. The third kappa shape index (κ3) is 5.55. The third-order valence-corrected chi connectivity index (χ3v) is 4.35. The number of rotatable bonds is 8. The van der Waals surface area contributed by atoms with Crippen molar-refractivity contribution in [2.24, 2.45) is 5.92 Å². The first kappa shape index (κ1) is 21.4. The maximum absolute atomic E-state index is 12.5. The molecule has 1 aromatic rings. The molecule has 1 atom stereocenters. The van der Waals surface area contributed by atoms with E-state index >= 15 is 0 Å². The number of benzene rings is 1. The number of anilines is 1. The van der Waals surface area contributed by atoms with Gasteiger partial charge in [0.25, 0.3) is 5.91 Å². The number of methoxy groups -OCH3 is 1. The number of hydrogen-bond donors (Lipinski definition) is 1. The van der Waals surface area contributed by atoms with Crippen molar-refractivity contribution in [3.8, 4) is 0 Å². The Morgan fingerprint density at radius 2 is 1.93 bits per heavy atom. The SMILES string of the molecule is COC(=O)[C@@H](CC(C)C)NC(=O)COC(=O)c1ccccc1N1CCCC1=O. The monoisotopic (exact) mass is 390 g/mol. The first-order chi connectivity index (χ1) is 13.3. The molecule has 0 radical (unpaired) electrons. The van der Waals surface area contributed by atoms with Crippen LogP contribution < -0.4 is 10.2 Å². The van der Waals surface area contributed by atoms with Crippen molar-refractivity contribution >= 4 is 29.4 Å². The van der Waals surface area contributed by atoms with Gasteiger partial charge in [-0.1, -0.05) is 26.0 Å². The Morgan fingerprint density at radius 1 is 1.21 bits per heavy atom. The van der Waals surface area contributed by atoms with Crippen LogP contribution in [0.2, 0.25) is 0 Å². The predicted octanol–water partition coefficient (Wildman–Crippen LogP) is 1.67. The van der Waals surface area contributed by atoms with Crippen molar-refractivity contribution in [1.29, 1.82) is 0 Å². The molecule has 0 aliphatic carbocycles. The highest BCUT2D eigenvalue weighted by Gasteiger charge is 2.27. The van der Waals surface area contributed by atoms with Crippen molar-refractivity contribution < 1.29 is 28.7 Å². The molecule has 1 fully saturated rings. The van der Waals surface area contributed by atoms with Crippen LogP contribution in [0.3, 0.4) is 0 Å². The van der Waals surface area contributed by atoms with Gasteiger partial charge in [0, 0.05) is 13.0 Å². The minimum Gasteiger partial charge on any atom is -0.467 e. The van der Waals surface area contributed by atoms with Crippen LogP contribution in [-0.2, 0) is 23.9 Å². The summed E-state index contributed by atoms with van der Waals surface area (Å²) in [6, 6.07) is 5.83. The molecule has 28 heavy (non-hydrogen) atoms. The first-order valence-corrected chi connectivity index (χ1v) is 9.27. The lowest BCUT2D eigenvalue weighted by Crippen LogP contribution is -2.44. The molecule has 1 saturated heterocycles. The van der Waals surface area contributed by atoms with E-state index in [1.807, 2.05) is 13.8 Å². The Kier molecular flexibility index (Phi) is 7.54. The van der Waals surface area contributed by atoms with E-state index < -0.39 is 30.5 Å². The average molecular weight is 390 g/mol. The van der Waals surface area contributed by atoms with Crippen molar-refractivity contribution in [2.45, 2.75) is 39.2 Å². The van der Waals surface area contributed by atoms with Crippen LogP contribution in [0.25, 0.3) is 0 Å². The van der Waals surface area contributed by atoms with E-state index in [2.05, 4.69) is 5.32 Å². The summed E-state index contributed by atoms with van der Waals surface area (Å²) in [7, 11) is 1.25. The molecule has 8 nitrogen and oxygen atoms in total. The molecule has 0 aromatic heterocycles. The number of ether oxygens (including phenoxy) is 2. The van der Waals surface area contributed by atoms with Gasteiger partial charge in [-0.15, -0.1) is 0 Å². The van der Waals surface area contributed by atoms with Crippen molar-refractivity contribution in [2.75, 3.05) is 25.2 Å². The maximum atomic E-state index is 12.5. The first-order valence-electron chi connectivity index (χ1n) is 9.27. The molecule has 1 heterocycles. The van der Waals surface area contributed by atoms with Gasteiger partial charge in [0.1, 0.15) is 6.04 Å². The average Bonchev–Trinajstić information content (AvgIpc) is 3.10. The summed E-state index contributed by atoms with van der Waals surface area (Å²) in [5.41, 5.74) is 0.694. The molecular weight excluding hydrogens is 364 g/mol. The zero-order valence-electron chi connectivity index (χ0n) is 16.4. The summed E-state index contributed by atoms with van der Waals surface area (Å²) in [5, 5.41) is 2.53. The zero-order chi connectivity index (χ0) is 20.7. The smallest absolute Gasteiger partial charge is 0.340 e. The van der Waals surface area contributed by atoms with Gasteiger partial charge in [-0.3, -0.25) is 9.59 Å². The number of nitrogens with zero attached hydrogens (tertiary/aromatic N) is 1. The molecule has 2 amide bonds. The van der Waals surface area contributed by atoms with Gasteiger partial charge < -0.3 is 19.7 Å². The molecule has 0 saturated carbocycles. The number of amides is 2. The van der Waals surface area contributed by atoms with Gasteiger partial charge in [0.2, 0.25) is 5.91 Å². The summed E-state index contributed by atoms with van der Waals surface area (Å²) >= 11 is 0. The Balaban J connectivity index is 1.99. The highest BCUT2D eigenvalue weighted by Crippen LogP contribution is 2.25. The predicted molar refractivity (Wildman–Crippen MR) is 102 cm³/mol. The Labute approximate surface area is 164 Å². The number of hydrogen-bond acceptors (Lipinski definition) is 6. The van der Waals surface area contributed by atoms with E-state index in [9.17, 15) is 19.2 Å². The summed E-state index contributed by atoms with van der Waals surface area (Å²) < 4.78 is 9.80. The fourth-order valence-electron chi connectivity index (χ4n) is 3.06. The van der Waals surface area contributed by atoms with Crippen molar-refractivity contribution in [3.63, 3.8) is 0 Å². The van der Waals surface area contributed by atoms with Gasteiger partial charge in [0.15, 0.2) is 6.61 Å². The van der Waals surface area contributed by atoms with E-state index in [1.165, 1.54) is 7.11 Å². The van der Waals surface area contributed by atoms with Crippen LogP contribution >= 0.6 is 0 Å². The largest absolute Gasteiger partial charge is 0.467 e. The lowest BCUT2D eigenvalue weighted by Gasteiger charge is -2.20. The highest BCUT2D eigenvalue weighted by atomic mass is 16.5. The van der Waals surface area contributed by atoms with E-state index in [4.69, 9.17) is 9.47 Å².